The molecule has 0 N–H and O–H groups in total. The van der Waals surface area contributed by atoms with E-state index in [-0.39, 0.29) is 12.1 Å². The number of unbranched alkanes of at least 4 members (excludes halogenated alkanes) is 4. The molecule has 1 rings (SSSR count). The van der Waals surface area contributed by atoms with Gasteiger partial charge < -0.3 is 4.74 Å². The standard InChI is InChI=1S/C22H36O2/c1-4-6-8-17-22(23)24-21(15-7-5-2)16-10-9-13-20-14-11-12-19(3)18-20/h11-12,14,18,21H,4-10,13,15-17H2,1-3H3. The molecule has 0 heterocycles. The van der Waals surface area contributed by atoms with Gasteiger partial charge in [-0.2, -0.15) is 0 Å². The molecule has 1 atom stereocenters. The number of benzene rings is 1. The van der Waals surface area contributed by atoms with E-state index in [4.69, 9.17) is 4.74 Å². The van der Waals surface area contributed by atoms with Crippen molar-refractivity contribution in [3.63, 3.8) is 0 Å². The van der Waals surface area contributed by atoms with Crippen LogP contribution in [0, 0.1) is 6.92 Å². The first-order chi connectivity index (χ1) is 11.7. The van der Waals surface area contributed by atoms with E-state index in [1.54, 1.807) is 0 Å². The smallest absolute Gasteiger partial charge is 0.306 e. The van der Waals surface area contributed by atoms with Gasteiger partial charge in [0.2, 0.25) is 0 Å². The zero-order valence-corrected chi connectivity index (χ0v) is 16.0. The number of hydrogen-bond donors (Lipinski definition) is 0. The van der Waals surface area contributed by atoms with Crippen LogP contribution in [0.2, 0.25) is 0 Å². The van der Waals surface area contributed by atoms with Gasteiger partial charge in [0.05, 0.1) is 0 Å². The first-order valence-corrected chi connectivity index (χ1v) is 9.90. The molecular formula is C22H36O2. The molecule has 0 aliphatic heterocycles. The van der Waals surface area contributed by atoms with E-state index < -0.39 is 0 Å². The minimum Gasteiger partial charge on any atom is -0.462 e. The Bertz CT molecular complexity index is 453. The van der Waals surface area contributed by atoms with Crippen LogP contribution in [0.3, 0.4) is 0 Å². The molecule has 0 saturated carbocycles. The summed E-state index contributed by atoms with van der Waals surface area (Å²) in [6.45, 7) is 6.49. The minimum atomic E-state index is 0.00300. The zero-order chi connectivity index (χ0) is 17.6. The summed E-state index contributed by atoms with van der Waals surface area (Å²) in [4.78, 5) is 12.0. The van der Waals surface area contributed by atoms with Gasteiger partial charge in [-0.3, -0.25) is 4.79 Å². The third kappa shape index (κ3) is 9.75. The van der Waals surface area contributed by atoms with Crippen LogP contribution in [0.25, 0.3) is 0 Å². The lowest BCUT2D eigenvalue weighted by Gasteiger charge is -2.18. The fraction of sp³-hybridized carbons (Fsp3) is 0.682. The second kappa shape index (κ2) is 13.0. The molecule has 0 spiro atoms. The summed E-state index contributed by atoms with van der Waals surface area (Å²) in [7, 11) is 0. The summed E-state index contributed by atoms with van der Waals surface area (Å²) in [5.41, 5.74) is 2.74. The van der Waals surface area contributed by atoms with Crippen molar-refractivity contribution in [3.8, 4) is 0 Å². The minimum absolute atomic E-state index is 0.00300. The van der Waals surface area contributed by atoms with E-state index in [2.05, 4.69) is 45.0 Å². The molecule has 1 aromatic rings. The molecule has 0 radical (unpaired) electrons. The Balaban J connectivity index is 2.29. The van der Waals surface area contributed by atoms with E-state index in [0.29, 0.717) is 6.42 Å². The highest BCUT2D eigenvalue weighted by atomic mass is 16.5. The van der Waals surface area contributed by atoms with Gasteiger partial charge in [0, 0.05) is 6.42 Å². The third-order valence-corrected chi connectivity index (χ3v) is 4.49. The highest BCUT2D eigenvalue weighted by molar-refractivity contribution is 5.69. The maximum absolute atomic E-state index is 12.0. The number of carbonyl (C=O) groups excluding carboxylic acids is 1. The fourth-order valence-electron chi connectivity index (χ4n) is 3.03. The lowest BCUT2D eigenvalue weighted by Crippen LogP contribution is -2.18. The van der Waals surface area contributed by atoms with Crippen LogP contribution in [0.1, 0.15) is 89.2 Å². The number of carbonyl (C=O) groups is 1. The van der Waals surface area contributed by atoms with Crippen LogP contribution in [0.15, 0.2) is 24.3 Å². The molecular weight excluding hydrogens is 296 g/mol. The van der Waals surface area contributed by atoms with Gasteiger partial charge in [-0.15, -0.1) is 0 Å². The molecule has 24 heavy (non-hydrogen) atoms. The van der Waals surface area contributed by atoms with Gasteiger partial charge in [-0.25, -0.2) is 0 Å². The number of ether oxygens (including phenoxy) is 1. The van der Waals surface area contributed by atoms with E-state index in [1.807, 2.05) is 0 Å². The summed E-state index contributed by atoms with van der Waals surface area (Å²) >= 11 is 0. The van der Waals surface area contributed by atoms with Crippen LogP contribution >= 0.6 is 0 Å². The largest absolute Gasteiger partial charge is 0.462 e. The maximum Gasteiger partial charge on any atom is 0.306 e. The van der Waals surface area contributed by atoms with Crippen LogP contribution in [-0.4, -0.2) is 12.1 Å². The van der Waals surface area contributed by atoms with Crippen LogP contribution < -0.4 is 0 Å². The molecule has 0 saturated heterocycles. The Hall–Kier alpha value is -1.31. The third-order valence-electron chi connectivity index (χ3n) is 4.49. The normalized spacial score (nSPS) is 12.1. The second-order valence-corrected chi connectivity index (χ2v) is 6.95. The van der Waals surface area contributed by atoms with Crippen molar-refractivity contribution in [2.75, 3.05) is 0 Å². The van der Waals surface area contributed by atoms with Crippen molar-refractivity contribution in [1.82, 2.24) is 0 Å². The van der Waals surface area contributed by atoms with Gasteiger partial charge >= 0.3 is 5.97 Å². The van der Waals surface area contributed by atoms with Crippen molar-refractivity contribution >= 4 is 5.97 Å². The highest BCUT2D eigenvalue weighted by Crippen LogP contribution is 2.16. The predicted molar refractivity (Wildman–Crippen MR) is 102 cm³/mol. The molecule has 2 heteroatoms. The molecule has 136 valence electrons. The molecule has 0 aliphatic rings. The topological polar surface area (TPSA) is 26.3 Å². The second-order valence-electron chi connectivity index (χ2n) is 6.95. The Morgan fingerprint density at radius 1 is 1.00 bits per heavy atom. The highest BCUT2D eigenvalue weighted by Gasteiger charge is 2.13. The van der Waals surface area contributed by atoms with Crippen LogP contribution in [-0.2, 0) is 16.0 Å². The Kier molecular flexibility index (Phi) is 11.3. The SMILES string of the molecule is CCCCCC(=O)OC(CCCC)CCCCc1cccc(C)c1. The van der Waals surface area contributed by atoms with Gasteiger partial charge in [0.15, 0.2) is 0 Å². The molecule has 0 aliphatic carbocycles. The number of esters is 1. The van der Waals surface area contributed by atoms with Crippen molar-refractivity contribution in [3.05, 3.63) is 35.4 Å². The van der Waals surface area contributed by atoms with E-state index in [9.17, 15) is 4.79 Å². The maximum atomic E-state index is 12.0. The summed E-state index contributed by atoms with van der Waals surface area (Å²) in [6, 6.07) is 8.74. The summed E-state index contributed by atoms with van der Waals surface area (Å²) < 4.78 is 5.73. The molecule has 0 fully saturated rings. The van der Waals surface area contributed by atoms with Gasteiger partial charge in [0.25, 0.3) is 0 Å². The molecule has 1 aromatic carbocycles. The van der Waals surface area contributed by atoms with E-state index in [0.717, 1.165) is 57.8 Å². The molecule has 1 unspecified atom stereocenters. The monoisotopic (exact) mass is 332 g/mol. The molecule has 2 nitrogen and oxygen atoms in total. The van der Waals surface area contributed by atoms with Crippen molar-refractivity contribution in [2.45, 2.75) is 97.5 Å². The van der Waals surface area contributed by atoms with Gasteiger partial charge in [-0.1, -0.05) is 69.4 Å². The van der Waals surface area contributed by atoms with Crippen molar-refractivity contribution < 1.29 is 9.53 Å². The average Bonchev–Trinajstić information content (AvgIpc) is 2.56. The van der Waals surface area contributed by atoms with Crippen LogP contribution in [0.4, 0.5) is 0 Å². The first-order valence-electron chi connectivity index (χ1n) is 9.90. The fourth-order valence-corrected chi connectivity index (χ4v) is 3.03. The summed E-state index contributed by atoms with van der Waals surface area (Å²) in [5.74, 6) is 0.00300. The summed E-state index contributed by atoms with van der Waals surface area (Å²) in [5, 5.41) is 0. The van der Waals surface area contributed by atoms with Crippen molar-refractivity contribution in [1.29, 1.82) is 0 Å². The Morgan fingerprint density at radius 3 is 2.46 bits per heavy atom. The zero-order valence-electron chi connectivity index (χ0n) is 16.0. The average molecular weight is 333 g/mol. The van der Waals surface area contributed by atoms with E-state index in [1.165, 1.54) is 17.5 Å². The van der Waals surface area contributed by atoms with Crippen LogP contribution in [0.5, 0.6) is 0 Å². The molecule has 0 amide bonds. The lowest BCUT2D eigenvalue weighted by atomic mass is 10.0. The lowest BCUT2D eigenvalue weighted by molar-refractivity contribution is -0.150. The molecule has 0 bridgehead atoms. The predicted octanol–water partition coefficient (Wildman–Crippen LogP) is 6.39. The number of rotatable bonds is 13. The molecule has 0 aromatic heterocycles. The van der Waals surface area contributed by atoms with Gasteiger partial charge in [0.1, 0.15) is 6.10 Å². The van der Waals surface area contributed by atoms with E-state index >= 15 is 0 Å². The van der Waals surface area contributed by atoms with Crippen molar-refractivity contribution in [2.24, 2.45) is 0 Å². The quantitative estimate of drug-likeness (QED) is 0.309. The number of hydrogen-bond acceptors (Lipinski definition) is 2. The Morgan fingerprint density at radius 2 is 1.75 bits per heavy atom. The van der Waals surface area contributed by atoms with Gasteiger partial charge in [-0.05, 0) is 51.0 Å². The Labute approximate surface area is 149 Å². The number of aryl methyl sites for hydroxylation is 2. The summed E-state index contributed by atoms with van der Waals surface area (Å²) in [6.07, 6.45) is 11.7. The first kappa shape index (κ1) is 20.7.